The van der Waals surface area contributed by atoms with E-state index >= 15 is 0 Å². The molecule has 0 aliphatic carbocycles. The minimum absolute atomic E-state index is 0. The molecule has 2 unspecified atom stereocenters. The molecule has 0 bridgehead atoms. The Morgan fingerprint density at radius 1 is 0.786 bits per heavy atom. The number of rotatable bonds is 17. The van der Waals surface area contributed by atoms with E-state index in [9.17, 15) is 9.46 Å². The Bertz CT molecular complexity index is 314. The second-order valence-electron chi connectivity index (χ2n) is 7.45. The van der Waals surface area contributed by atoms with Gasteiger partial charge < -0.3 is 11.8 Å². The molecule has 1 N–H and O–H groups in total. The minimum Gasteiger partial charge on any atom is -0.343 e. The van der Waals surface area contributed by atoms with Crippen molar-refractivity contribution in [1.82, 2.24) is 0 Å². The van der Waals surface area contributed by atoms with Crippen LogP contribution in [-0.4, -0.2) is 18.1 Å². The van der Waals surface area contributed by atoms with Gasteiger partial charge in [0.25, 0.3) is 0 Å². The van der Waals surface area contributed by atoms with Crippen molar-refractivity contribution in [2.24, 2.45) is 11.8 Å². The molecule has 0 aromatic rings. The summed E-state index contributed by atoms with van der Waals surface area (Å²) in [6.45, 7) is 15.0. The zero-order chi connectivity index (χ0) is 21.0. The normalized spacial score (nSPS) is 15.0. The largest absolute Gasteiger partial charge is 0.472 e. The Labute approximate surface area is 186 Å². The third kappa shape index (κ3) is 22.9. The third-order valence-corrected chi connectivity index (χ3v) is 5.84. The second-order valence-corrected chi connectivity index (χ2v) is 8.91. The fourth-order valence-electron chi connectivity index (χ4n) is 2.66. The number of unbranched alkanes of at least 4 members (excludes halogenated alkanes) is 5. The molecule has 0 aliphatic rings. The average molecular weight is 466 g/mol. The molecule has 0 saturated heterocycles. The molecule has 6 heteroatoms. The van der Waals surface area contributed by atoms with Gasteiger partial charge in [0, 0.05) is 16.5 Å². The van der Waals surface area contributed by atoms with Crippen molar-refractivity contribution in [3.63, 3.8) is 0 Å². The maximum absolute atomic E-state index is 11.9. The molecule has 28 heavy (non-hydrogen) atoms. The van der Waals surface area contributed by atoms with E-state index in [1.54, 1.807) is 0 Å². The van der Waals surface area contributed by atoms with E-state index in [-0.39, 0.29) is 16.5 Å². The topological polar surface area (TPSA) is 55.8 Å². The average Bonchev–Trinajstić information content (AvgIpc) is 2.67. The van der Waals surface area contributed by atoms with Crippen LogP contribution in [0.4, 0.5) is 0 Å². The molecule has 0 aromatic heterocycles. The van der Waals surface area contributed by atoms with Crippen LogP contribution in [0.2, 0.25) is 0 Å². The van der Waals surface area contributed by atoms with Gasteiger partial charge >= 0.3 is 7.82 Å². The predicted octanol–water partition coefficient (Wildman–Crippen LogP) is 7.95. The Hall–Kier alpha value is 0.604. The van der Waals surface area contributed by atoms with Crippen molar-refractivity contribution in [3.8, 4) is 0 Å². The maximum Gasteiger partial charge on any atom is 0.472 e. The second kappa shape index (κ2) is 23.9. The summed E-state index contributed by atoms with van der Waals surface area (Å²) in [5.41, 5.74) is 0. The Balaban J connectivity index is -0.000000771. The molecular weight excluding hydrogens is 418 g/mol. The Morgan fingerprint density at radius 3 is 1.43 bits per heavy atom. The van der Waals surface area contributed by atoms with Gasteiger partial charge in [0.15, 0.2) is 0 Å². The van der Waals surface area contributed by atoms with Crippen molar-refractivity contribution in [1.29, 1.82) is 0 Å². The van der Waals surface area contributed by atoms with Gasteiger partial charge in [-0.2, -0.15) is 6.42 Å². The fourth-order valence-corrected chi connectivity index (χ4v) is 3.53. The summed E-state index contributed by atoms with van der Waals surface area (Å²) in [5, 5.41) is 0. The first-order valence-electron chi connectivity index (χ1n) is 11.3. The van der Waals surface area contributed by atoms with E-state index in [2.05, 4.69) is 41.5 Å². The van der Waals surface area contributed by atoms with E-state index in [4.69, 9.17) is 9.05 Å². The summed E-state index contributed by atoms with van der Waals surface area (Å²) in [4.78, 5) is 9.77. The molecule has 0 radical (unpaired) electrons. The van der Waals surface area contributed by atoms with Gasteiger partial charge in [-0.25, -0.2) is 4.57 Å². The van der Waals surface area contributed by atoms with Crippen molar-refractivity contribution in [2.45, 2.75) is 112 Å². The molecule has 0 rings (SSSR count). The first kappa shape index (κ1) is 33.2. The molecule has 0 spiro atoms. The van der Waals surface area contributed by atoms with E-state index < -0.39 is 7.82 Å². The van der Waals surface area contributed by atoms with Gasteiger partial charge in [0.1, 0.15) is 0 Å². The quantitative estimate of drug-likeness (QED) is 0.102. The zero-order valence-electron chi connectivity index (χ0n) is 19.2. The van der Waals surface area contributed by atoms with Crippen molar-refractivity contribution >= 4 is 7.82 Å². The van der Waals surface area contributed by atoms with Gasteiger partial charge in [0.05, 0.1) is 13.2 Å². The number of hydrogen-bond donors (Lipinski definition) is 1. The van der Waals surface area contributed by atoms with Gasteiger partial charge in [-0.05, 0) is 24.7 Å². The summed E-state index contributed by atoms with van der Waals surface area (Å²) in [7, 11) is -3.89. The molecule has 0 heterocycles. The molecule has 176 valence electrons. The molecular formula is C22H48NiO4P-. The monoisotopic (exact) mass is 465 g/mol. The minimum atomic E-state index is -3.89. The van der Waals surface area contributed by atoms with Gasteiger partial charge in [-0.1, -0.05) is 92.4 Å². The van der Waals surface area contributed by atoms with Gasteiger partial charge in [0.2, 0.25) is 0 Å². The van der Waals surface area contributed by atoms with Gasteiger partial charge in [-0.3, -0.25) is 9.05 Å². The van der Waals surface area contributed by atoms with Crippen LogP contribution in [0.25, 0.3) is 0 Å². The molecule has 2 atom stereocenters. The molecule has 0 aliphatic heterocycles. The first-order chi connectivity index (χ1) is 12.9. The van der Waals surface area contributed by atoms with Crippen LogP contribution in [-0.2, 0) is 30.1 Å². The fraction of sp³-hybridized carbons (Fsp3) is 0.955. The standard InChI is InChI=1S/C16H35O4P.C6H13.Ni/c1-5-9-11-15(7-3)13-19-21(17,18)20-14-16(8-4)12-10-6-2;1-3-5-6-4-2;/h15-16H,5-14H2,1-4H3,(H,17,18);1,3-6H2,2H3;/q;-1;. The molecule has 0 amide bonds. The van der Waals surface area contributed by atoms with E-state index in [1.807, 2.05) is 0 Å². The van der Waals surface area contributed by atoms with Crippen LogP contribution in [0.1, 0.15) is 112 Å². The number of phosphoric acid groups is 1. The van der Waals surface area contributed by atoms with Crippen LogP contribution >= 0.6 is 7.82 Å². The number of phosphoric ester groups is 1. The molecule has 4 nitrogen and oxygen atoms in total. The number of hydrogen-bond acceptors (Lipinski definition) is 3. The molecule has 0 aromatic carbocycles. The summed E-state index contributed by atoms with van der Waals surface area (Å²) in [5.74, 6) is 0.687. The Kier molecular flexibility index (Phi) is 28.4. The zero-order valence-corrected chi connectivity index (χ0v) is 21.1. The van der Waals surface area contributed by atoms with Crippen LogP contribution in [0.15, 0.2) is 0 Å². The van der Waals surface area contributed by atoms with Crippen molar-refractivity contribution in [2.75, 3.05) is 13.2 Å². The van der Waals surface area contributed by atoms with Gasteiger partial charge in [-0.15, -0.1) is 0 Å². The van der Waals surface area contributed by atoms with Crippen LogP contribution in [0.3, 0.4) is 0 Å². The SMILES string of the molecule is CCCCC(CC)COP(=O)(O)OCC(CC)CCCC.[CH2-]CCCCC.[Ni]. The molecule has 0 fully saturated rings. The van der Waals surface area contributed by atoms with Crippen molar-refractivity contribution < 1.29 is 35.0 Å². The van der Waals surface area contributed by atoms with Crippen molar-refractivity contribution in [3.05, 3.63) is 6.92 Å². The van der Waals surface area contributed by atoms with Crippen LogP contribution in [0, 0.1) is 18.8 Å². The van der Waals surface area contributed by atoms with E-state index in [0.29, 0.717) is 25.0 Å². The van der Waals surface area contributed by atoms with E-state index in [0.717, 1.165) is 57.8 Å². The summed E-state index contributed by atoms with van der Waals surface area (Å²) < 4.78 is 22.2. The Morgan fingerprint density at radius 2 is 1.18 bits per heavy atom. The summed E-state index contributed by atoms with van der Waals surface area (Å²) >= 11 is 0. The molecule has 0 saturated carbocycles. The summed E-state index contributed by atoms with van der Waals surface area (Å²) in [6.07, 6.45) is 13.6. The third-order valence-electron chi connectivity index (χ3n) is 4.89. The van der Waals surface area contributed by atoms with E-state index in [1.165, 1.54) is 19.3 Å². The predicted molar refractivity (Wildman–Crippen MR) is 118 cm³/mol. The van der Waals surface area contributed by atoms with Crippen LogP contribution in [0.5, 0.6) is 0 Å². The smallest absolute Gasteiger partial charge is 0.343 e. The summed E-state index contributed by atoms with van der Waals surface area (Å²) in [6, 6.07) is 0. The maximum atomic E-state index is 11.9. The first-order valence-corrected chi connectivity index (χ1v) is 12.8. The van der Waals surface area contributed by atoms with Crippen LogP contribution < -0.4 is 0 Å².